The highest BCUT2D eigenvalue weighted by atomic mass is 16.2. The first kappa shape index (κ1) is 26.4. The minimum absolute atomic E-state index is 0.0445. The van der Waals surface area contributed by atoms with Gasteiger partial charge in [-0.15, -0.1) is 0 Å². The summed E-state index contributed by atoms with van der Waals surface area (Å²) >= 11 is 0. The van der Waals surface area contributed by atoms with Gasteiger partial charge in [-0.05, 0) is 49.8 Å². The summed E-state index contributed by atoms with van der Waals surface area (Å²) < 4.78 is 0. The molecule has 0 aromatic heterocycles. The predicted octanol–water partition coefficient (Wildman–Crippen LogP) is 3.27. The van der Waals surface area contributed by atoms with Crippen molar-refractivity contribution in [3.05, 3.63) is 65.7 Å². The minimum Gasteiger partial charge on any atom is -0.344 e. The molecule has 2 atom stereocenters. The monoisotopic (exact) mass is 478 g/mol. The van der Waals surface area contributed by atoms with Crippen LogP contribution in [0.15, 0.2) is 54.6 Å². The highest BCUT2D eigenvalue weighted by Crippen LogP contribution is 2.20. The second-order valence-electron chi connectivity index (χ2n) is 9.94. The highest BCUT2D eigenvalue weighted by molar-refractivity contribution is 5.97. The number of nitrogens with two attached hydrogens (primary N) is 1. The van der Waals surface area contributed by atoms with E-state index < -0.39 is 12.1 Å². The lowest BCUT2D eigenvalue weighted by atomic mass is 9.94. The molecule has 1 saturated heterocycles. The molecule has 7 heteroatoms. The number of nitrogens with one attached hydrogen (secondary N) is 2. The average Bonchev–Trinajstić information content (AvgIpc) is 2.84. The summed E-state index contributed by atoms with van der Waals surface area (Å²) in [5.41, 5.74) is 8.84. The number of carbonyl (C=O) groups is 3. The topological polar surface area (TPSA) is 105 Å². The summed E-state index contributed by atoms with van der Waals surface area (Å²) in [6, 6.07) is 16.0. The number of rotatable bonds is 9. The van der Waals surface area contributed by atoms with E-state index in [1.54, 1.807) is 4.90 Å². The average molecular weight is 479 g/mol. The lowest BCUT2D eigenvalue weighted by Gasteiger charge is -2.33. The molecule has 2 aromatic rings. The Morgan fingerprint density at radius 1 is 1.00 bits per heavy atom. The zero-order chi connectivity index (χ0) is 25.4. The van der Waals surface area contributed by atoms with Gasteiger partial charge in [0, 0.05) is 31.1 Å². The van der Waals surface area contributed by atoms with Gasteiger partial charge in [0.15, 0.2) is 0 Å². The van der Waals surface area contributed by atoms with Gasteiger partial charge in [-0.3, -0.25) is 14.4 Å². The molecule has 0 spiro atoms. The Bertz CT molecular complexity index is 983. The standard InChI is InChI=1S/C28H38N4O3/c1-19(2)17-24(29)28(35)32-15-13-22(14-16-32)26(33)31-25(18-21-7-5-4-6-8-21)27(34)30-23-11-9-20(3)10-12-23/h4-12,19,22,24-25H,13-18,29H2,1-3H3,(H,30,34)(H,31,33)/t24-,25-/m0/s1. The second-order valence-corrected chi connectivity index (χ2v) is 9.94. The summed E-state index contributed by atoms with van der Waals surface area (Å²) in [4.78, 5) is 40.7. The van der Waals surface area contributed by atoms with Gasteiger partial charge in [0.05, 0.1) is 6.04 Å². The molecule has 1 aliphatic rings. The highest BCUT2D eigenvalue weighted by Gasteiger charge is 2.31. The fraction of sp³-hybridized carbons (Fsp3) is 0.464. The number of benzene rings is 2. The van der Waals surface area contributed by atoms with Gasteiger partial charge in [0.2, 0.25) is 17.7 Å². The SMILES string of the molecule is Cc1ccc(NC(=O)[C@H](Cc2ccccc2)NC(=O)C2CCN(C(=O)[C@@H](N)CC(C)C)CC2)cc1. The van der Waals surface area contributed by atoms with E-state index in [0.29, 0.717) is 50.4 Å². The molecule has 3 amide bonds. The molecule has 4 N–H and O–H groups in total. The van der Waals surface area contributed by atoms with Crippen LogP contribution in [0.1, 0.15) is 44.2 Å². The van der Waals surface area contributed by atoms with Crippen LogP contribution in [0.4, 0.5) is 5.69 Å². The Hall–Kier alpha value is -3.19. The van der Waals surface area contributed by atoms with E-state index in [4.69, 9.17) is 5.73 Å². The van der Waals surface area contributed by atoms with Gasteiger partial charge >= 0.3 is 0 Å². The number of nitrogens with zero attached hydrogens (tertiary/aromatic N) is 1. The van der Waals surface area contributed by atoms with Crippen molar-refractivity contribution in [1.29, 1.82) is 0 Å². The molecule has 0 aliphatic carbocycles. The van der Waals surface area contributed by atoms with Crippen molar-refractivity contribution >= 4 is 23.4 Å². The van der Waals surface area contributed by atoms with Gasteiger partial charge in [-0.1, -0.05) is 61.9 Å². The molecule has 0 bridgehead atoms. The zero-order valence-corrected chi connectivity index (χ0v) is 21.0. The van der Waals surface area contributed by atoms with Crippen molar-refractivity contribution in [2.45, 2.75) is 58.5 Å². The van der Waals surface area contributed by atoms with Crippen LogP contribution in [-0.4, -0.2) is 47.8 Å². The fourth-order valence-electron chi connectivity index (χ4n) is 4.42. The molecule has 2 aromatic carbocycles. The van der Waals surface area contributed by atoms with Crippen LogP contribution in [0.25, 0.3) is 0 Å². The lowest BCUT2D eigenvalue weighted by molar-refractivity contribution is -0.137. The van der Waals surface area contributed by atoms with Gasteiger partial charge in [0.25, 0.3) is 0 Å². The van der Waals surface area contributed by atoms with Crippen molar-refractivity contribution in [3.8, 4) is 0 Å². The lowest BCUT2D eigenvalue weighted by Crippen LogP contribution is -2.51. The normalized spacial score (nSPS) is 16.0. The van der Waals surface area contributed by atoms with Crippen molar-refractivity contribution < 1.29 is 14.4 Å². The first-order chi connectivity index (χ1) is 16.7. The largest absolute Gasteiger partial charge is 0.344 e. The molecule has 1 aliphatic heterocycles. The first-order valence-corrected chi connectivity index (χ1v) is 12.5. The number of amides is 3. The van der Waals surface area contributed by atoms with Crippen LogP contribution < -0.4 is 16.4 Å². The Balaban J connectivity index is 1.61. The molecular weight excluding hydrogens is 440 g/mol. The molecule has 1 fully saturated rings. The fourth-order valence-corrected chi connectivity index (χ4v) is 4.42. The van der Waals surface area contributed by atoms with Crippen LogP contribution in [-0.2, 0) is 20.8 Å². The van der Waals surface area contributed by atoms with Crippen LogP contribution in [0, 0.1) is 18.8 Å². The number of aryl methyl sites for hydroxylation is 1. The van der Waals surface area contributed by atoms with E-state index in [-0.39, 0.29) is 23.6 Å². The Kier molecular flexibility index (Phi) is 9.43. The predicted molar refractivity (Wildman–Crippen MR) is 139 cm³/mol. The third kappa shape index (κ3) is 7.92. The maximum Gasteiger partial charge on any atom is 0.247 e. The van der Waals surface area contributed by atoms with E-state index in [0.717, 1.165) is 11.1 Å². The van der Waals surface area contributed by atoms with Crippen LogP contribution >= 0.6 is 0 Å². The van der Waals surface area contributed by atoms with E-state index in [2.05, 4.69) is 10.6 Å². The maximum absolute atomic E-state index is 13.1. The van der Waals surface area contributed by atoms with E-state index >= 15 is 0 Å². The van der Waals surface area contributed by atoms with E-state index in [9.17, 15) is 14.4 Å². The molecule has 1 heterocycles. The second kappa shape index (κ2) is 12.5. The number of piperidine rings is 1. The molecule has 0 unspecified atom stereocenters. The maximum atomic E-state index is 13.1. The molecule has 0 radical (unpaired) electrons. The summed E-state index contributed by atoms with van der Waals surface area (Å²) in [5, 5.41) is 5.91. The van der Waals surface area contributed by atoms with E-state index in [1.165, 1.54) is 0 Å². The smallest absolute Gasteiger partial charge is 0.247 e. The molecular formula is C28H38N4O3. The van der Waals surface area contributed by atoms with Gasteiger partial charge in [-0.25, -0.2) is 0 Å². The zero-order valence-electron chi connectivity index (χ0n) is 21.0. The summed E-state index contributed by atoms with van der Waals surface area (Å²) in [6.45, 7) is 7.08. The van der Waals surface area contributed by atoms with Crippen LogP contribution in [0.5, 0.6) is 0 Å². The number of hydrogen-bond acceptors (Lipinski definition) is 4. The summed E-state index contributed by atoms with van der Waals surface area (Å²) in [6.07, 6.45) is 2.16. The van der Waals surface area contributed by atoms with Gasteiger partial charge < -0.3 is 21.3 Å². The molecule has 3 rings (SSSR count). The van der Waals surface area contributed by atoms with Gasteiger partial charge in [-0.2, -0.15) is 0 Å². The Labute approximate surface area is 208 Å². The quantitative estimate of drug-likeness (QED) is 0.514. The summed E-state index contributed by atoms with van der Waals surface area (Å²) in [5.74, 6) is -0.338. The number of hydrogen-bond donors (Lipinski definition) is 3. The number of anilines is 1. The first-order valence-electron chi connectivity index (χ1n) is 12.5. The summed E-state index contributed by atoms with van der Waals surface area (Å²) in [7, 11) is 0. The van der Waals surface area contributed by atoms with Crippen LogP contribution in [0.2, 0.25) is 0 Å². The molecule has 0 saturated carbocycles. The molecule has 35 heavy (non-hydrogen) atoms. The third-order valence-electron chi connectivity index (χ3n) is 6.45. The number of likely N-dealkylation sites (tertiary alicyclic amines) is 1. The van der Waals surface area contributed by atoms with Gasteiger partial charge in [0.1, 0.15) is 6.04 Å². The van der Waals surface area contributed by atoms with Crippen molar-refractivity contribution in [1.82, 2.24) is 10.2 Å². The minimum atomic E-state index is -0.703. The number of carbonyl (C=O) groups excluding carboxylic acids is 3. The van der Waals surface area contributed by atoms with Crippen LogP contribution in [0.3, 0.4) is 0 Å². The Morgan fingerprint density at radius 3 is 2.23 bits per heavy atom. The van der Waals surface area contributed by atoms with Crippen molar-refractivity contribution in [2.75, 3.05) is 18.4 Å². The Morgan fingerprint density at radius 2 is 1.63 bits per heavy atom. The van der Waals surface area contributed by atoms with Crippen molar-refractivity contribution in [3.63, 3.8) is 0 Å². The molecule has 188 valence electrons. The third-order valence-corrected chi connectivity index (χ3v) is 6.45. The van der Waals surface area contributed by atoms with E-state index in [1.807, 2.05) is 75.4 Å². The van der Waals surface area contributed by atoms with Crippen molar-refractivity contribution in [2.24, 2.45) is 17.6 Å². The molecule has 7 nitrogen and oxygen atoms in total.